The summed E-state index contributed by atoms with van der Waals surface area (Å²) in [6, 6.07) is 5.42. The summed E-state index contributed by atoms with van der Waals surface area (Å²) in [5, 5.41) is 3.49. The molecule has 0 aliphatic rings. The summed E-state index contributed by atoms with van der Waals surface area (Å²) in [6.07, 6.45) is 6.70. The van der Waals surface area contributed by atoms with Gasteiger partial charge in [0.05, 0.1) is 22.7 Å². The number of nitrogens with two attached hydrogens (primary N) is 1. The highest BCUT2D eigenvalue weighted by molar-refractivity contribution is 6.33. The molecule has 0 saturated carbocycles. The Balaban J connectivity index is 2.21. The van der Waals surface area contributed by atoms with Crippen LogP contribution >= 0.6 is 11.6 Å². The molecule has 0 radical (unpaired) electrons. The van der Waals surface area contributed by atoms with Gasteiger partial charge >= 0.3 is 0 Å². The first kappa shape index (κ1) is 15.5. The quantitative estimate of drug-likeness (QED) is 0.862. The summed E-state index contributed by atoms with van der Waals surface area (Å²) in [4.78, 5) is 16.2. The van der Waals surface area contributed by atoms with Crippen molar-refractivity contribution in [1.82, 2.24) is 9.55 Å². The van der Waals surface area contributed by atoms with Crippen LogP contribution in [-0.2, 0) is 4.79 Å². The van der Waals surface area contributed by atoms with Crippen LogP contribution in [0.15, 0.2) is 36.9 Å². The van der Waals surface area contributed by atoms with Gasteiger partial charge in [0.15, 0.2) is 0 Å². The van der Waals surface area contributed by atoms with Crippen molar-refractivity contribution >= 4 is 23.2 Å². The molecule has 1 aromatic heterocycles. The van der Waals surface area contributed by atoms with E-state index < -0.39 is 0 Å². The number of benzene rings is 1. The fourth-order valence-electron chi connectivity index (χ4n) is 2.08. The minimum Gasteiger partial charge on any atom is -0.330 e. The molecule has 0 spiro atoms. The van der Waals surface area contributed by atoms with E-state index in [0.29, 0.717) is 17.3 Å². The van der Waals surface area contributed by atoms with E-state index in [9.17, 15) is 4.79 Å². The monoisotopic (exact) mass is 306 g/mol. The summed E-state index contributed by atoms with van der Waals surface area (Å²) in [5.74, 6) is -0.129. The molecule has 2 rings (SSSR count). The number of halogens is 1. The van der Waals surface area contributed by atoms with Gasteiger partial charge in [-0.2, -0.15) is 0 Å². The lowest BCUT2D eigenvalue weighted by atomic mass is 10.0. The number of hydrogen-bond acceptors (Lipinski definition) is 3. The Hall–Kier alpha value is -1.85. The van der Waals surface area contributed by atoms with Crippen molar-refractivity contribution in [1.29, 1.82) is 0 Å². The third kappa shape index (κ3) is 3.83. The summed E-state index contributed by atoms with van der Waals surface area (Å²) in [7, 11) is 0. The van der Waals surface area contributed by atoms with Crippen LogP contribution in [-0.4, -0.2) is 22.0 Å². The van der Waals surface area contributed by atoms with E-state index in [-0.39, 0.29) is 11.8 Å². The van der Waals surface area contributed by atoms with Crippen LogP contribution in [0.3, 0.4) is 0 Å². The molecule has 1 aromatic carbocycles. The van der Waals surface area contributed by atoms with Crippen molar-refractivity contribution in [2.45, 2.75) is 19.8 Å². The Labute approximate surface area is 129 Å². The van der Waals surface area contributed by atoms with Gasteiger partial charge in [0.1, 0.15) is 0 Å². The maximum Gasteiger partial charge on any atom is 0.227 e. The maximum atomic E-state index is 12.2. The molecule has 6 heteroatoms. The standard InChI is InChI=1S/C15H19ClN4O/c1-11(4-3-7-17)15(21)19-13-6-2-5-12(16)14(13)20-9-8-18-10-20/h2,5-6,8-11H,3-4,7,17H2,1H3,(H,19,21). The highest BCUT2D eigenvalue weighted by Gasteiger charge is 2.16. The fourth-order valence-corrected chi connectivity index (χ4v) is 2.35. The topological polar surface area (TPSA) is 72.9 Å². The molecule has 0 saturated heterocycles. The second-order valence-electron chi connectivity index (χ2n) is 4.93. The van der Waals surface area contributed by atoms with Gasteiger partial charge in [0.2, 0.25) is 5.91 Å². The SMILES string of the molecule is CC(CCCN)C(=O)Nc1cccc(Cl)c1-n1ccnc1. The number of nitrogens with zero attached hydrogens (tertiary/aromatic N) is 2. The molecule has 112 valence electrons. The lowest BCUT2D eigenvalue weighted by Gasteiger charge is -2.16. The smallest absolute Gasteiger partial charge is 0.227 e. The highest BCUT2D eigenvalue weighted by atomic mass is 35.5. The lowest BCUT2D eigenvalue weighted by molar-refractivity contribution is -0.119. The number of rotatable bonds is 6. The van der Waals surface area contributed by atoms with Crippen LogP contribution in [0.2, 0.25) is 5.02 Å². The molecule has 1 unspecified atom stereocenters. The average molecular weight is 307 g/mol. The zero-order chi connectivity index (χ0) is 15.2. The van der Waals surface area contributed by atoms with Gasteiger partial charge in [-0.05, 0) is 31.5 Å². The second-order valence-corrected chi connectivity index (χ2v) is 5.33. The zero-order valence-corrected chi connectivity index (χ0v) is 12.7. The molecule has 3 N–H and O–H groups in total. The number of imidazole rings is 1. The molecule has 1 heterocycles. The molecule has 0 bridgehead atoms. The van der Waals surface area contributed by atoms with Crippen molar-refractivity contribution in [2.24, 2.45) is 11.7 Å². The average Bonchev–Trinajstić information content (AvgIpc) is 2.98. The number of anilines is 1. The Morgan fingerprint density at radius 1 is 1.52 bits per heavy atom. The minimum absolute atomic E-state index is 0.0351. The molecule has 1 atom stereocenters. The number of para-hydroxylation sites is 1. The van der Waals surface area contributed by atoms with Crippen LogP contribution in [0, 0.1) is 5.92 Å². The van der Waals surface area contributed by atoms with E-state index in [0.717, 1.165) is 18.5 Å². The third-order valence-electron chi connectivity index (χ3n) is 3.30. The molecular formula is C15H19ClN4O. The number of hydrogen-bond donors (Lipinski definition) is 2. The van der Waals surface area contributed by atoms with Crippen molar-refractivity contribution in [3.63, 3.8) is 0 Å². The Bertz CT molecular complexity index is 598. The Kier molecular flexibility index (Phi) is 5.36. The largest absolute Gasteiger partial charge is 0.330 e. The van der Waals surface area contributed by atoms with Gasteiger partial charge in [0.25, 0.3) is 0 Å². The first-order chi connectivity index (χ1) is 10.1. The number of carbonyl (C=O) groups is 1. The van der Waals surface area contributed by atoms with E-state index in [4.69, 9.17) is 17.3 Å². The van der Waals surface area contributed by atoms with Crippen LogP contribution < -0.4 is 11.1 Å². The Morgan fingerprint density at radius 3 is 3.00 bits per heavy atom. The maximum absolute atomic E-state index is 12.2. The summed E-state index contributed by atoms with van der Waals surface area (Å²) >= 11 is 6.25. The molecule has 0 aliphatic heterocycles. The molecule has 0 fully saturated rings. The predicted molar refractivity (Wildman–Crippen MR) is 84.7 cm³/mol. The minimum atomic E-state index is -0.0943. The van der Waals surface area contributed by atoms with Gasteiger partial charge < -0.3 is 15.6 Å². The van der Waals surface area contributed by atoms with E-state index >= 15 is 0 Å². The fraction of sp³-hybridized carbons (Fsp3) is 0.333. The normalized spacial score (nSPS) is 12.1. The van der Waals surface area contributed by atoms with E-state index in [2.05, 4.69) is 10.3 Å². The van der Waals surface area contributed by atoms with E-state index in [1.165, 1.54) is 0 Å². The van der Waals surface area contributed by atoms with Crippen molar-refractivity contribution in [3.05, 3.63) is 41.9 Å². The number of nitrogens with one attached hydrogen (secondary N) is 1. The van der Waals surface area contributed by atoms with Crippen molar-refractivity contribution in [2.75, 3.05) is 11.9 Å². The molecule has 21 heavy (non-hydrogen) atoms. The van der Waals surface area contributed by atoms with Crippen molar-refractivity contribution in [3.8, 4) is 5.69 Å². The van der Waals surface area contributed by atoms with Crippen LogP contribution in [0.4, 0.5) is 5.69 Å². The zero-order valence-electron chi connectivity index (χ0n) is 11.9. The summed E-state index contributed by atoms with van der Waals surface area (Å²) in [6.45, 7) is 2.49. The number of carbonyl (C=O) groups excluding carboxylic acids is 1. The second kappa shape index (κ2) is 7.24. The van der Waals surface area contributed by atoms with Crippen LogP contribution in [0.25, 0.3) is 5.69 Å². The first-order valence-corrected chi connectivity index (χ1v) is 7.29. The van der Waals surface area contributed by atoms with Gasteiger partial charge in [-0.25, -0.2) is 4.98 Å². The van der Waals surface area contributed by atoms with Gasteiger partial charge in [-0.15, -0.1) is 0 Å². The third-order valence-corrected chi connectivity index (χ3v) is 3.60. The molecule has 5 nitrogen and oxygen atoms in total. The number of amides is 1. The van der Waals surface area contributed by atoms with Gasteiger partial charge in [-0.3, -0.25) is 4.79 Å². The lowest BCUT2D eigenvalue weighted by Crippen LogP contribution is -2.22. The predicted octanol–water partition coefficient (Wildman–Crippen LogP) is 2.84. The van der Waals surface area contributed by atoms with Gasteiger partial charge in [0, 0.05) is 18.3 Å². The van der Waals surface area contributed by atoms with Gasteiger partial charge in [-0.1, -0.05) is 24.6 Å². The van der Waals surface area contributed by atoms with Crippen LogP contribution in [0.5, 0.6) is 0 Å². The first-order valence-electron chi connectivity index (χ1n) is 6.91. The molecule has 1 amide bonds. The molecular weight excluding hydrogens is 288 g/mol. The summed E-state index contributed by atoms with van der Waals surface area (Å²) < 4.78 is 1.78. The highest BCUT2D eigenvalue weighted by Crippen LogP contribution is 2.28. The van der Waals surface area contributed by atoms with E-state index in [1.807, 2.05) is 19.1 Å². The van der Waals surface area contributed by atoms with Crippen molar-refractivity contribution < 1.29 is 4.79 Å². The Morgan fingerprint density at radius 2 is 2.33 bits per heavy atom. The summed E-state index contributed by atoms with van der Waals surface area (Å²) in [5.41, 5.74) is 6.87. The van der Waals surface area contributed by atoms with E-state index in [1.54, 1.807) is 29.4 Å². The molecule has 0 aliphatic carbocycles. The number of aromatic nitrogens is 2. The molecule has 2 aromatic rings. The van der Waals surface area contributed by atoms with Crippen LogP contribution in [0.1, 0.15) is 19.8 Å².